The quantitative estimate of drug-likeness (QED) is 0.733. The van der Waals surface area contributed by atoms with Crippen LogP contribution in [0.1, 0.15) is 27.6 Å². The van der Waals surface area contributed by atoms with Crippen LogP contribution in [-0.4, -0.2) is 19.0 Å². The van der Waals surface area contributed by atoms with Crippen molar-refractivity contribution in [1.82, 2.24) is 5.32 Å². The van der Waals surface area contributed by atoms with E-state index < -0.39 is 0 Å². The largest absolute Gasteiger partial charge is 0.311 e. The second-order valence-electron chi connectivity index (χ2n) is 6.66. The van der Waals surface area contributed by atoms with E-state index in [4.69, 9.17) is 0 Å². The minimum atomic E-state index is 0.0393. The van der Waals surface area contributed by atoms with Crippen LogP contribution in [0, 0.1) is 6.92 Å². The predicted molar refractivity (Wildman–Crippen MR) is 108 cm³/mol. The summed E-state index contributed by atoms with van der Waals surface area (Å²) >= 11 is 1.72. The van der Waals surface area contributed by atoms with Gasteiger partial charge >= 0.3 is 0 Å². The van der Waals surface area contributed by atoms with Crippen molar-refractivity contribution >= 4 is 22.9 Å². The topological polar surface area (TPSA) is 32.3 Å². The molecule has 0 saturated carbocycles. The molecule has 1 aromatic heterocycles. The molecule has 1 amide bonds. The standard InChI is InChI=1S/C22H22N2OS/c1-16-8-10-18(11-9-16)22(20-7-4-14-26-20)23-15-21(25)24-13-12-17-5-2-3-6-19(17)24/h2-11,14,22-23H,12-13,15H2,1H3/t22-/m0/s1. The molecular weight excluding hydrogens is 340 g/mol. The summed E-state index contributed by atoms with van der Waals surface area (Å²) in [7, 11) is 0. The first-order valence-corrected chi connectivity index (χ1v) is 9.82. The molecule has 3 aromatic rings. The highest BCUT2D eigenvalue weighted by Gasteiger charge is 2.25. The SMILES string of the molecule is Cc1ccc([C@H](NCC(=O)N2CCc3ccccc32)c2cccs2)cc1. The van der Waals surface area contributed by atoms with Gasteiger partial charge in [0.15, 0.2) is 0 Å². The number of amides is 1. The minimum absolute atomic E-state index is 0.0393. The lowest BCUT2D eigenvalue weighted by Gasteiger charge is -2.22. The Kier molecular flexibility index (Phi) is 4.87. The predicted octanol–water partition coefficient (Wildman–Crippen LogP) is 4.32. The lowest BCUT2D eigenvalue weighted by atomic mass is 10.0. The van der Waals surface area contributed by atoms with Gasteiger partial charge < -0.3 is 4.90 Å². The molecule has 0 aliphatic carbocycles. The van der Waals surface area contributed by atoms with Crippen molar-refractivity contribution < 1.29 is 4.79 Å². The van der Waals surface area contributed by atoms with E-state index in [0.717, 1.165) is 18.7 Å². The fourth-order valence-electron chi connectivity index (χ4n) is 3.48. The Morgan fingerprint density at radius 2 is 1.92 bits per heavy atom. The maximum atomic E-state index is 12.8. The Hall–Kier alpha value is -2.43. The number of hydrogen-bond acceptors (Lipinski definition) is 3. The number of aryl methyl sites for hydroxylation is 1. The van der Waals surface area contributed by atoms with Gasteiger partial charge in [-0.05, 0) is 42.0 Å². The summed E-state index contributed by atoms with van der Waals surface area (Å²) < 4.78 is 0. The average Bonchev–Trinajstić information content (AvgIpc) is 3.33. The van der Waals surface area contributed by atoms with Crippen LogP contribution in [0.15, 0.2) is 66.0 Å². The Bertz CT molecular complexity index is 887. The smallest absolute Gasteiger partial charge is 0.240 e. The van der Waals surface area contributed by atoms with Gasteiger partial charge in [0.1, 0.15) is 0 Å². The molecule has 1 aliphatic rings. The Morgan fingerprint density at radius 1 is 1.12 bits per heavy atom. The van der Waals surface area contributed by atoms with Crippen LogP contribution in [0.5, 0.6) is 0 Å². The van der Waals surface area contributed by atoms with Gasteiger partial charge in [-0.1, -0.05) is 54.1 Å². The van der Waals surface area contributed by atoms with E-state index in [0.29, 0.717) is 6.54 Å². The lowest BCUT2D eigenvalue weighted by molar-refractivity contribution is -0.117. The van der Waals surface area contributed by atoms with Crippen LogP contribution in [0.25, 0.3) is 0 Å². The zero-order valence-electron chi connectivity index (χ0n) is 14.8. The van der Waals surface area contributed by atoms with Gasteiger partial charge in [-0.2, -0.15) is 0 Å². The fraction of sp³-hybridized carbons (Fsp3) is 0.227. The number of nitrogens with one attached hydrogen (secondary N) is 1. The maximum Gasteiger partial charge on any atom is 0.240 e. The zero-order valence-corrected chi connectivity index (χ0v) is 15.6. The maximum absolute atomic E-state index is 12.8. The molecule has 2 aromatic carbocycles. The molecule has 0 unspecified atom stereocenters. The number of carbonyl (C=O) groups excluding carboxylic acids is 1. The monoisotopic (exact) mass is 362 g/mol. The molecule has 4 rings (SSSR count). The molecule has 0 fully saturated rings. The van der Waals surface area contributed by atoms with Gasteiger partial charge in [-0.3, -0.25) is 10.1 Å². The number of rotatable bonds is 5. The first-order valence-electron chi connectivity index (χ1n) is 8.94. The fourth-order valence-corrected chi connectivity index (χ4v) is 4.31. The first kappa shape index (κ1) is 17.0. The van der Waals surface area contributed by atoms with Crippen molar-refractivity contribution in [3.05, 3.63) is 87.6 Å². The molecule has 0 bridgehead atoms. The highest BCUT2D eigenvalue weighted by molar-refractivity contribution is 7.10. The molecule has 132 valence electrons. The zero-order chi connectivity index (χ0) is 17.9. The normalized spacial score (nSPS) is 14.3. The molecule has 1 aliphatic heterocycles. The van der Waals surface area contributed by atoms with Crippen LogP contribution in [0.4, 0.5) is 5.69 Å². The number of nitrogens with zero attached hydrogens (tertiary/aromatic N) is 1. The molecule has 1 N–H and O–H groups in total. The Morgan fingerprint density at radius 3 is 2.69 bits per heavy atom. The van der Waals surface area contributed by atoms with Gasteiger partial charge in [-0.25, -0.2) is 0 Å². The highest BCUT2D eigenvalue weighted by Crippen LogP contribution is 2.29. The summed E-state index contributed by atoms with van der Waals surface area (Å²) in [5, 5.41) is 5.56. The van der Waals surface area contributed by atoms with Gasteiger partial charge in [0.25, 0.3) is 0 Å². The lowest BCUT2D eigenvalue weighted by Crippen LogP contribution is -2.38. The molecule has 0 radical (unpaired) electrons. The summed E-state index contributed by atoms with van der Waals surface area (Å²) in [4.78, 5) is 16.0. The van der Waals surface area contributed by atoms with E-state index in [1.54, 1.807) is 11.3 Å². The summed E-state index contributed by atoms with van der Waals surface area (Å²) in [6, 6.07) is 20.9. The van der Waals surface area contributed by atoms with Gasteiger partial charge in [0, 0.05) is 17.1 Å². The van der Waals surface area contributed by atoms with E-state index in [9.17, 15) is 4.79 Å². The number of thiophene rings is 1. The van der Waals surface area contributed by atoms with Crippen molar-refractivity contribution in [3.8, 4) is 0 Å². The van der Waals surface area contributed by atoms with E-state index in [1.165, 1.54) is 21.6 Å². The van der Waals surface area contributed by atoms with Crippen LogP contribution in [0.2, 0.25) is 0 Å². The van der Waals surface area contributed by atoms with E-state index >= 15 is 0 Å². The molecule has 3 nitrogen and oxygen atoms in total. The third-order valence-electron chi connectivity index (χ3n) is 4.88. The summed E-state index contributed by atoms with van der Waals surface area (Å²) in [6.07, 6.45) is 0.939. The number of benzene rings is 2. The first-order chi connectivity index (χ1) is 12.7. The van der Waals surface area contributed by atoms with Crippen LogP contribution in [-0.2, 0) is 11.2 Å². The van der Waals surface area contributed by atoms with Gasteiger partial charge in [-0.15, -0.1) is 11.3 Å². The van der Waals surface area contributed by atoms with Gasteiger partial charge in [0.2, 0.25) is 5.91 Å². The van der Waals surface area contributed by atoms with E-state index in [2.05, 4.69) is 60.1 Å². The average molecular weight is 362 g/mol. The summed E-state index contributed by atoms with van der Waals surface area (Å²) in [6.45, 7) is 3.19. The van der Waals surface area contributed by atoms with Crippen LogP contribution >= 0.6 is 11.3 Å². The van der Waals surface area contributed by atoms with Crippen LogP contribution in [0.3, 0.4) is 0 Å². The number of carbonyl (C=O) groups is 1. The van der Waals surface area contributed by atoms with Crippen molar-refractivity contribution in [1.29, 1.82) is 0 Å². The van der Waals surface area contributed by atoms with Gasteiger partial charge in [0.05, 0.1) is 12.6 Å². The number of fused-ring (bicyclic) bond motifs is 1. The molecule has 0 saturated heterocycles. The summed E-state index contributed by atoms with van der Waals surface area (Å²) in [5.41, 5.74) is 4.74. The number of hydrogen-bond donors (Lipinski definition) is 1. The molecule has 4 heteroatoms. The highest BCUT2D eigenvalue weighted by atomic mass is 32.1. The molecule has 0 spiro atoms. The Balaban J connectivity index is 1.50. The van der Waals surface area contributed by atoms with Crippen LogP contribution < -0.4 is 10.2 Å². The number of anilines is 1. The second-order valence-corrected chi connectivity index (χ2v) is 7.64. The third-order valence-corrected chi connectivity index (χ3v) is 5.82. The molecular formula is C22H22N2OS. The summed E-state index contributed by atoms with van der Waals surface area (Å²) in [5.74, 6) is 0.128. The van der Waals surface area contributed by atoms with Crippen molar-refractivity contribution in [2.45, 2.75) is 19.4 Å². The van der Waals surface area contributed by atoms with E-state index in [1.807, 2.05) is 23.1 Å². The number of para-hydroxylation sites is 1. The second kappa shape index (κ2) is 7.44. The Labute approximate surface area is 158 Å². The minimum Gasteiger partial charge on any atom is -0.311 e. The molecule has 2 heterocycles. The molecule has 26 heavy (non-hydrogen) atoms. The van der Waals surface area contributed by atoms with Crippen molar-refractivity contribution in [2.75, 3.05) is 18.0 Å². The van der Waals surface area contributed by atoms with Crippen molar-refractivity contribution in [3.63, 3.8) is 0 Å². The van der Waals surface area contributed by atoms with E-state index in [-0.39, 0.29) is 11.9 Å². The van der Waals surface area contributed by atoms with Crippen molar-refractivity contribution in [2.24, 2.45) is 0 Å². The third kappa shape index (κ3) is 3.43. The molecule has 1 atom stereocenters.